The van der Waals surface area contributed by atoms with Crippen LogP contribution in [0.25, 0.3) is 0 Å². The lowest BCUT2D eigenvalue weighted by Crippen LogP contribution is -2.06. The summed E-state index contributed by atoms with van der Waals surface area (Å²) in [6.07, 6.45) is 0. The van der Waals surface area contributed by atoms with Crippen molar-refractivity contribution in [3.8, 4) is 0 Å². The van der Waals surface area contributed by atoms with Gasteiger partial charge in [0, 0.05) is 22.0 Å². The molecule has 3 rings (SSSR count). The fraction of sp³-hybridized carbons (Fsp3) is 0.667. The van der Waals surface area contributed by atoms with Crippen molar-refractivity contribution in [3.63, 3.8) is 0 Å². The van der Waals surface area contributed by atoms with E-state index in [2.05, 4.69) is 10.8 Å². The van der Waals surface area contributed by atoms with Crippen molar-refractivity contribution in [2.75, 3.05) is 24.7 Å². The van der Waals surface area contributed by atoms with Gasteiger partial charge in [-0.15, -0.1) is 47.0 Å². The summed E-state index contributed by atoms with van der Waals surface area (Å²) in [7, 11) is 0. The Kier molecular flexibility index (Phi) is 5.39. The molecule has 0 bridgehead atoms. The first-order valence-corrected chi connectivity index (χ1v) is 11.1. The molecule has 0 aromatic carbocycles. The summed E-state index contributed by atoms with van der Waals surface area (Å²) in [4.78, 5) is 0. The summed E-state index contributed by atoms with van der Waals surface area (Å²) in [5.41, 5.74) is 2.89. The van der Waals surface area contributed by atoms with Crippen LogP contribution < -0.4 is 0 Å². The van der Waals surface area contributed by atoms with Gasteiger partial charge in [-0.2, -0.15) is 11.3 Å². The Morgan fingerprint density at radius 3 is 1.74 bits per heavy atom. The highest BCUT2D eigenvalue weighted by atomic mass is 32.2. The van der Waals surface area contributed by atoms with Crippen molar-refractivity contribution in [1.82, 2.24) is 0 Å². The molecule has 0 aliphatic carbocycles. The zero-order chi connectivity index (χ0) is 13.2. The second-order valence-electron chi connectivity index (χ2n) is 4.49. The zero-order valence-corrected chi connectivity index (χ0v) is 14.3. The summed E-state index contributed by atoms with van der Waals surface area (Å²) in [5, 5.41) is 23.8. The molecule has 2 aliphatic heterocycles. The molecule has 1 aromatic rings. The molecule has 106 valence electrons. The van der Waals surface area contributed by atoms with Crippen molar-refractivity contribution < 1.29 is 10.2 Å². The Morgan fingerprint density at radius 2 is 1.37 bits per heavy atom. The van der Waals surface area contributed by atoms with Crippen molar-refractivity contribution in [2.45, 2.75) is 19.7 Å². The van der Waals surface area contributed by atoms with Crippen LogP contribution in [0.3, 0.4) is 0 Å². The lowest BCUT2D eigenvalue weighted by molar-refractivity contribution is 0.301. The van der Waals surface area contributed by atoms with Crippen molar-refractivity contribution in [1.29, 1.82) is 0 Å². The maximum Gasteiger partial charge on any atom is 0.0767 e. The van der Waals surface area contributed by atoms with Gasteiger partial charge in [0.2, 0.25) is 0 Å². The number of aliphatic hydroxyl groups excluding tert-OH is 2. The van der Waals surface area contributed by atoms with E-state index >= 15 is 0 Å². The molecular weight excluding hydrogens is 336 g/mol. The molecule has 0 radical (unpaired) electrons. The number of hydrogen-bond donors (Lipinski definition) is 2. The smallest absolute Gasteiger partial charge is 0.0767 e. The lowest BCUT2D eigenvalue weighted by atomic mass is 10.2. The minimum atomic E-state index is 0.285. The fourth-order valence-electron chi connectivity index (χ4n) is 2.11. The summed E-state index contributed by atoms with van der Waals surface area (Å²) in [5.74, 6) is 2.09. The molecule has 2 N–H and O–H groups in total. The fourth-order valence-corrected chi connectivity index (χ4v) is 9.84. The van der Waals surface area contributed by atoms with Crippen LogP contribution in [0.4, 0.5) is 0 Å². The largest absolute Gasteiger partial charge is 0.395 e. The van der Waals surface area contributed by atoms with Crippen LogP contribution in [0.1, 0.15) is 20.3 Å². The zero-order valence-electron chi connectivity index (χ0n) is 10.2. The molecule has 19 heavy (non-hydrogen) atoms. The van der Waals surface area contributed by atoms with Gasteiger partial charge in [0.1, 0.15) is 0 Å². The highest BCUT2D eigenvalue weighted by Crippen LogP contribution is 2.56. The molecule has 3 heterocycles. The van der Waals surface area contributed by atoms with Crippen LogP contribution in [0.15, 0.2) is 10.8 Å². The summed E-state index contributed by atoms with van der Waals surface area (Å²) in [6, 6.07) is 0. The first-order chi connectivity index (χ1) is 9.31. The van der Waals surface area contributed by atoms with Crippen LogP contribution in [-0.2, 0) is 0 Å². The van der Waals surface area contributed by atoms with Gasteiger partial charge in [0.15, 0.2) is 0 Å². The van der Waals surface area contributed by atoms with Gasteiger partial charge in [0.05, 0.1) is 22.4 Å². The molecule has 2 aliphatic rings. The number of aliphatic hydroxyl groups is 2. The van der Waals surface area contributed by atoms with Gasteiger partial charge in [-0.05, 0) is 21.9 Å². The Labute approximate surface area is 134 Å². The molecule has 4 unspecified atom stereocenters. The first kappa shape index (κ1) is 14.9. The number of thiophene rings is 1. The average Bonchev–Trinajstić information content (AvgIpc) is 3.16. The van der Waals surface area contributed by atoms with E-state index in [1.165, 1.54) is 11.1 Å². The molecule has 0 spiro atoms. The number of rotatable bonds is 4. The molecule has 2 nitrogen and oxygen atoms in total. The van der Waals surface area contributed by atoms with Crippen molar-refractivity contribution in [3.05, 3.63) is 21.9 Å². The van der Waals surface area contributed by atoms with Crippen LogP contribution in [0, 0.1) is 0 Å². The van der Waals surface area contributed by atoms with Crippen molar-refractivity contribution in [2.24, 2.45) is 0 Å². The van der Waals surface area contributed by atoms with E-state index in [1.54, 1.807) is 11.3 Å². The highest BCUT2D eigenvalue weighted by molar-refractivity contribution is 8.20. The van der Waals surface area contributed by atoms with Gasteiger partial charge in [-0.1, -0.05) is 0 Å². The van der Waals surface area contributed by atoms with Gasteiger partial charge in [-0.25, -0.2) is 0 Å². The molecular formula is C12H16O2S5. The standard InChI is InChI=1S/C12H16O2S5/c13-1-7-3-16-11(18-7)9-5-15-6-10(9)12-17-4-8(2-14)19-12/h5-8,11-14H,1-4H2. The average molecular weight is 353 g/mol. The Morgan fingerprint density at radius 1 is 0.895 bits per heavy atom. The Bertz CT molecular complexity index is 388. The number of thioether (sulfide) groups is 4. The maximum atomic E-state index is 9.26. The van der Waals surface area contributed by atoms with E-state index in [-0.39, 0.29) is 13.2 Å². The van der Waals surface area contributed by atoms with E-state index in [4.69, 9.17) is 0 Å². The predicted molar refractivity (Wildman–Crippen MR) is 91.6 cm³/mol. The predicted octanol–water partition coefficient (Wildman–Crippen LogP) is 3.43. The first-order valence-electron chi connectivity index (χ1n) is 6.13. The van der Waals surface area contributed by atoms with Gasteiger partial charge in [-0.3, -0.25) is 0 Å². The normalized spacial score (nSPS) is 35.1. The van der Waals surface area contributed by atoms with Gasteiger partial charge < -0.3 is 10.2 Å². The van der Waals surface area contributed by atoms with E-state index < -0.39 is 0 Å². The lowest BCUT2D eigenvalue weighted by Gasteiger charge is -2.14. The SMILES string of the molecule is OCC1CSC(c2cscc2C2SCC(CO)S2)S1. The molecule has 7 heteroatoms. The third kappa shape index (κ3) is 3.27. The Balaban J connectivity index is 1.72. The quantitative estimate of drug-likeness (QED) is 0.865. The van der Waals surface area contributed by atoms with Crippen LogP contribution in [0.5, 0.6) is 0 Å². The topological polar surface area (TPSA) is 40.5 Å². The van der Waals surface area contributed by atoms with E-state index in [9.17, 15) is 10.2 Å². The van der Waals surface area contributed by atoms with E-state index in [0.29, 0.717) is 19.7 Å². The molecule has 2 fully saturated rings. The molecule has 1 aromatic heterocycles. The van der Waals surface area contributed by atoms with E-state index in [1.807, 2.05) is 47.0 Å². The van der Waals surface area contributed by atoms with Crippen LogP contribution in [-0.4, -0.2) is 45.4 Å². The number of hydrogen-bond acceptors (Lipinski definition) is 7. The molecule has 0 saturated carbocycles. The van der Waals surface area contributed by atoms with Crippen molar-refractivity contribution >= 4 is 58.4 Å². The van der Waals surface area contributed by atoms with Gasteiger partial charge >= 0.3 is 0 Å². The minimum absolute atomic E-state index is 0.285. The third-order valence-corrected chi connectivity index (χ3v) is 10.5. The second-order valence-corrected chi connectivity index (χ2v) is 10.9. The second kappa shape index (κ2) is 6.85. The summed E-state index contributed by atoms with van der Waals surface area (Å²) < 4.78 is 0.959. The van der Waals surface area contributed by atoms with Gasteiger partial charge in [0.25, 0.3) is 0 Å². The maximum absolute atomic E-state index is 9.26. The summed E-state index contributed by atoms with van der Waals surface area (Å²) in [6.45, 7) is 0.570. The van der Waals surface area contributed by atoms with Crippen LogP contribution >= 0.6 is 58.4 Å². The summed E-state index contributed by atoms with van der Waals surface area (Å²) >= 11 is 9.49. The Hall–Kier alpha value is 1.02. The van der Waals surface area contributed by atoms with E-state index in [0.717, 1.165) is 11.5 Å². The monoisotopic (exact) mass is 352 g/mol. The minimum Gasteiger partial charge on any atom is -0.395 e. The molecule has 4 atom stereocenters. The third-order valence-electron chi connectivity index (χ3n) is 3.14. The van der Waals surface area contributed by atoms with Crippen LogP contribution in [0.2, 0.25) is 0 Å². The molecule has 2 saturated heterocycles. The highest BCUT2D eigenvalue weighted by Gasteiger charge is 2.33. The molecule has 0 amide bonds.